The Hall–Kier alpha value is -1.65. The van der Waals surface area contributed by atoms with E-state index >= 15 is 0 Å². The molecule has 0 amide bonds. The Morgan fingerprint density at radius 3 is 2.60 bits per heavy atom. The molecule has 0 aliphatic carbocycles. The highest BCUT2D eigenvalue weighted by molar-refractivity contribution is 5.34. The summed E-state index contributed by atoms with van der Waals surface area (Å²) in [7, 11) is 0. The number of aliphatic hydroxyl groups is 1. The van der Waals surface area contributed by atoms with Crippen LogP contribution in [0, 0.1) is 0 Å². The summed E-state index contributed by atoms with van der Waals surface area (Å²) in [6.45, 7) is 0.237. The number of hydrogen-bond acceptors (Lipinski definition) is 3. The largest absolute Gasteiger partial charge is 0.387 e. The van der Waals surface area contributed by atoms with Crippen molar-refractivity contribution in [2.75, 3.05) is 6.54 Å². The number of nitrogens with zero attached hydrogens (tertiary/aromatic N) is 2. The maximum atomic E-state index is 9.50. The normalized spacial score (nSPS) is 12.7. The first-order chi connectivity index (χ1) is 7.31. The van der Waals surface area contributed by atoms with Gasteiger partial charge in [-0.3, -0.25) is 0 Å². The average Bonchev–Trinajstić information content (AvgIpc) is 2.82. The SMILES string of the molecule is NCC(O)c1ccc(-n2cccn2)cc1. The Labute approximate surface area is 88.0 Å². The monoisotopic (exact) mass is 203 g/mol. The van der Waals surface area contributed by atoms with Gasteiger partial charge in [-0.25, -0.2) is 4.68 Å². The molecule has 0 bridgehead atoms. The van der Waals surface area contributed by atoms with Gasteiger partial charge in [-0.15, -0.1) is 0 Å². The number of aliphatic hydroxyl groups excluding tert-OH is 1. The van der Waals surface area contributed by atoms with E-state index in [0.717, 1.165) is 11.3 Å². The lowest BCUT2D eigenvalue weighted by atomic mass is 10.1. The Kier molecular flexibility index (Phi) is 2.80. The van der Waals surface area contributed by atoms with Gasteiger partial charge in [0.1, 0.15) is 0 Å². The molecule has 15 heavy (non-hydrogen) atoms. The van der Waals surface area contributed by atoms with Gasteiger partial charge >= 0.3 is 0 Å². The van der Waals surface area contributed by atoms with Crippen molar-refractivity contribution in [3.63, 3.8) is 0 Å². The molecule has 0 spiro atoms. The molecule has 1 heterocycles. The first kappa shape index (κ1) is 9.89. The summed E-state index contributed by atoms with van der Waals surface area (Å²) in [5.74, 6) is 0. The van der Waals surface area contributed by atoms with Crippen molar-refractivity contribution in [3.05, 3.63) is 48.3 Å². The second kappa shape index (κ2) is 4.25. The van der Waals surface area contributed by atoms with Crippen LogP contribution in [0.25, 0.3) is 5.69 Å². The molecule has 0 radical (unpaired) electrons. The van der Waals surface area contributed by atoms with Gasteiger partial charge in [-0.05, 0) is 23.8 Å². The van der Waals surface area contributed by atoms with E-state index in [1.54, 1.807) is 10.9 Å². The van der Waals surface area contributed by atoms with Crippen molar-refractivity contribution >= 4 is 0 Å². The summed E-state index contributed by atoms with van der Waals surface area (Å²) in [6.07, 6.45) is 3.01. The number of aromatic nitrogens is 2. The molecule has 2 rings (SSSR count). The van der Waals surface area contributed by atoms with E-state index in [2.05, 4.69) is 5.10 Å². The minimum absolute atomic E-state index is 0.237. The van der Waals surface area contributed by atoms with Gasteiger partial charge in [0, 0.05) is 18.9 Å². The van der Waals surface area contributed by atoms with Crippen molar-refractivity contribution in [3.8, 4) is 5.69 Å². The van der Waals surface area contributed by atoms with E-state index in [0.29, 0.717) is 0 Å². The number of nitrogens with two attached hydrogens (primary N) is 1. The van der Waals surface area contributed by atoms with Crippen LogP contribution in [0.3, 0.4) is 0 Å². The fourth-order valence-corrected chi connectivity index (χ4v) is 1.41. The molecule has 1 aromatic carbocycles. The molecule has 4 nitrogen and oxygen atoms in total. The lowest BCUT2D eigenvalue weighted by Gasteiger charge is -2.08. The molecule has 0 fully saturated rings. The minimum atomic E-state index is -0.586. The van der Waals surface area contributed by atoms with E-state index < -0.39 is 6.10 Å². The van der Waals surface area contributed by atoms with Crippen molar-refractivity contribution in [1.29, 1.82) is 0 Å². The third-order valence-corrected chi connectivity index (χ3v) is 2.27. The van der Waals surface area contributed by atoms with Crippen molar-refractivity contribution in [1.82, 2.24) is 9.78 Å². The molecule has 0 saturated carbocycles. The zero-order chi connectivity index (χ0) is 10.7. The molecule has 1 atom stereocenters. The highest BCUT2D eigenvalue weighted by atomic mass is 16.3. The fraction of sp³-hybridized carbons (Fsp3) is 0.182. The Morgan fingerprint density at radius 2 is 2.07 bits per heavy atom. The number of rotatable bonds is 3. The van der Waals surface area contributed by atoms with E-state index in [1.165, 1.54) is 0 Å². The van der Waals surface area contributed by atoms with Crippen LogP contribution in [0.15, 0.2) is 42.7 Å². The summed E-state index contributed by atoms with van der Waals surface area (Å²) in [6, 6.07) is 9.38. The van der Waals surface area contributed by atoms with Crippen LogP contribution in [-0.2, 0) is 0 Å². The zero-order valence-electron chi connectivity index (χ0n) is 8.24. The predicted octanol–water partition coefficient (Wildman–Crippen LogP) is 0.864. The first-order valence-corrected chi connectivity index (χ1v) is 4.79. The number of hydrogen-bond donors (Lipinski definition) is 2. The van der Waals surface area contributed by atoms with Gasteiger partial charge in [-0.2, -0.15) is 5.10 Å². The smallest absolute Gasteiger partial charge is 0.0912 e. The van der Waals surface area contributed by atoms with Gasteiger partial charge in [0.25, 0.3) is 0 Å². The Bertz CT molecular complexity index is 408. The van der Waals surface area contributed by atoms with Crippen molar-refractivity contribution in [2.24, 2.45) is 5.73 Å². The van der Waals surface area contributed by atoms with Crippen LogP contribution < -0.4 is 5.73 Å². The molecule has 78 valence electrons. The van der Waals surface area contributed by atoms with Crippen molar-refractivity contribution in [2.45, 2.75) is 6.10 Å². The van der Waals surface area contributed by atoms with Gasteiger partial charge < -0.3 is 10.8 Å². The van der Waals surface area contributed by atoms with Crippen LogP contribution in [0.2, 0.25) is 0 Å². The first-order valence-electron chi connectivity index (χ1n) is 4.79. The standard InChI is InChI=1S/C11H13N3O/c12-8-11(15)9-2-4-10(5-3-9)14-7-1-6-13-14/h1-7,11,15H,8,12H2. The minimum Gasteiger partial charge on any atom is -0.387 e. The molecule has 1 aromatic heterocycles. The lowest BCUT2D eigenvalue weighted by Crippen LogP contribution is -2.11. The fourth-order valence-electron chi connectivity index (χ4n) is 1.41. The molecule has 0 aliphatic rings. The van der Waals surface area contributed by atoms with E-state index in [-0.39, 0.29) is 6.54 Å². The van der Waals surface area contributed by atoms with Crippen LogP contribution in [0.1, 0.15) is 11.7 Å². The predicted molar refractivity (Wildman–Crippen MR) is 57.6 cm³/mol. The highest BCUT2D eigenvalue weighted by Crippen LogP contribution is 2.14. The molecule has 3 N–H and O–H groups in total. The molecule has 2 aromatic rings. The molecular weight excluding hydrogens is 190 g/mol. The van der Waals surface area contributed by atoms with Crippen LogP contribution in [0.5, 0.6) is 0 Å². The molecule has 4 heteroatoms. The van der Waals surface area contributed by atoms with E-state index in [9.17, 15) is 5.11 Å². The maximum Gasteiger partial charge on any atom is 0.0912 e. The second-order valence-electron chi connectivity index (χ2n) is 3.29. The quantitative estimate of drug-likeness (QED) is 0.777. The van der Waals surface area contributed by atoms with Gasteiger partial charge in [0.05, 0.1) is 11.8 Å². The second-order valence-corrected chi connectivity index (χ2v) is 3.29. The van der Waals surface area contributed by atoms with E-state index in [1.807, 2.05) is 36.5 Å². The van der Waals surface area contributed by atoms with Crippen LogP contribution in [-0.4, -0.2) is 21.4 Å². The zero-order valence-corrected chi connectivity index (χ0v) is 8.24. The Balaban J connectivity index is 2.25. The topological polar surface area (TPSA) is 64.1 Å². The highest BCUT2D eigenvalue weighted by Gasteiger charge is 2.04. The van der Waals surface area contributed by atoms with Crippen molar-refractivity contribution < 1.29 is 5.11 Å². The van der Waals surface area contributed by atoms with Gasteiger partial charge in [0.2, 0.25) is 0 Å². The maximum absolute atomic E-state index is 9.50. The summed E-state index contributed by atoms with van der Waals surface area (Å²) in [5.41, 5.74) is 7.16. The third kappa shape index (κ3) is 2.06. The third-order valence-electron chi connectivity index (χ3n) is 2.27. The summed E-state index contributed by atoms with van der Waals surface area (Å²) >= 11 is 0. The lowest BCUT2D eigenvalue weighted by molar-refractivity contribution is 0.187. The van der Waals surface area contributed by atoms with Gasteiger partial charge in [-0.1, -0.05) is 12.1 Å². The van der Waals surface area contributed by atoms with Crippen LogP contribution in [0.4, 0.5) is 0 Å². The van der Waals surface area contributed by atoms with E-state index in [4.69, 9.17) is 5.73 Å². The van der Waals surface area contributed by atoms with Gasteiger partial charge in [0.15, 0.2) is 0 Å². The Morgan fingerprint density at radius 1 is 1.33 bits per heavy atom. The molecule has 0 saturated heterocycles. The average molecular weight is 203 g/mol. The summed E-state index contributed by atoms with van der Waals surface area (Å²) in [5, 5.41) is 13.6. The number of benzene rings is 1. The summed E-state index contributed by atoms with van der Waals surface area (Å²) in [4.78, 5) is 0. The van der Waals surface area contributed by atoms with Crippen LogP contribution >= 0.6 is 0 Å². The molecular formula is C11H13N3O. The summed E-state index contributed by atoms with van der Waals surface area (Å²) < 4.78 is 1.76. The molecule has 0 aliphatic heterocycles. The molecule has 1 unspecified atom stereocenters.